The summed E-state index contributed by atoms with van der Waals surface area (Å²) in [7, 11) is 0. The van der Waals surface area contributed by atoms with Crippen LogP contribution < -0.4 is 5.32 Å². The summed E-state index contributed by atoms with van der Waals surface area (Å²) in [6.07, 6.45) is 0.988. The standard InChI is InChI=1S/C16H15BrN2/c1-3-12-6-4-5-11(2)16(12)19-14-8-7-13(10-18)15(17)9-14/h4-9,19H,3H2,1-2H3. The summed E-state index contributed by atoms with van der Waals surface area (Å²) in [4.78, 5) is 0. The van der Waals surface area contributed by atoms with Gasteiger partial charge in [-0.15, -0.1) is 0 Å². The van der Waals surface area contributed by atoms with E-state index in [-0.39, 0.29) is 0 Å². The van der Waals surface area contributed by atoms with Crippen LogP contribution >= 0.6 is 15.9 Å². The van der Waals surface area contributed by atoms with Gasteiger partial charge in [0, 0.05) is 15.8 Å². The predicted octanol–water partition coefficient (Wildman–Crippen LogP) is 4.94. The van der Waals surface area contributed by atoms with Crippen LogP contribution in [0.25, 0.3) is 0 Å². The van der Waals surface area contributed by atoms with Gasteiger partial charge in [0.15, 0.2) is 0 Å². The van der Waals surface area contributed by atoms with Crippen LogP contribution in [0.3, 0.4) is 0 Å². The molecule has 0 bridgehead atoms. The van der Waals surface area contributed by atoms with E-state index in [4.69, 9.17) is 5.26 Å². The third-order valence-electron chi connectivity index (χ3n) is 3.10. The van der Waals surface area contributed by atoms with E-state index >= 15 is 0 Å². The molecule has 0 fully saturated rings. The number of nitrogens with one attached hydrogen (secondary N) is 1. The summed E-state index contributed by atoms with van der Waals surface area (Å²) in [6.45, 7) is 4.24. The van der Waals surface area contributed by atoms with Crippen LogP contribution in [0.5, 0.6) is 0 Å². The van der Waals surface area contributed by atoms with Crippen LogP contribution in [-0.2, 0) is 6.42 Å². The van der Waals surface area contributed by atoms with Crippen LogP contribution in [-0.4, -0.2) is 0 Å². The van der Waals surface area contributed by atoms with Gasteiger partial charge in [-0.1, -0.05) is 25.1 Å². The zero-order valence-corrected chi connectivity index (χ0v) is 12.6. The number of nitriles is 1. The Morgan fingerprint density at radius 2 is 2.05 bits per heavy atom. The number of halogens is 1. The number of aryl methyl sites for hydroxylation is 2. The number of nitrogens with zero attached hydrogens (tertiary/aromatic N) is 1. The largest absolute Gasteiger partial charge is 0.355 e. The highest BCUT2D eigenvalue weighted by molar-refractivity contribution is 9.10. The molecule has 0 spiro atoms. The van der Waals surface area contributed by atoms with Gasteiger partial charge in [0.1, 0.15) is 6.07 Å². The fourth-order valence-electron chi connectivity index (χ4n) is 2.03. The van der Waals surface area contributed by atoms with Gasteiger partial charge >= 0.3 is 0 Å². The summed E-state index contributed by atoms with van der Waals surface area (Å²) < 4.78 is 0.812. The fourth-order valence-corrected chi connectivity index (χ4v) is 2.50. The molecule has 2 aromatic rings. The Hall–Kier alpha value is -1.79. The first-order valence-corrected chi connectivity index (χ1v) is 7.00. The molecule has 1 N–H and O–H groups in total. The molecule has 0 saturated heterocycles. The van der Waals surface area contributed by atoms with Gasteiger partial charge in [0.05, 0.1) is 5.56 Å². The van der Waals surface area contributed by atoms with E-state index in [2.05, 4.69) is 59.4 Å². The van der Waals surface area contributed by atoms with Crippen LogP contribution in [0.15, 0.2) is 40.9 Å². The molecule has 0 heterocycles. The molecule has 2 aromatic carbocycles. The van der Waals surface area contributed by atoms with E-state index < -0.39 is 0 Å². The number of rotatable bonds is 3. The van der Waals surface area contributed by atoms with Gasteiger partial charge in [0.25, 0.3) is 0 Å². The second-order valence-electron chi connectivity index (χ2n) is 4.39. The molecule has 19 heavy (non-hydrogen) atoms. The van der Waals surface area contributed by atoms with Crippen LogP contribution in [0.1, 0.15) is 23.6 Å². The first kappa shape index (κ1) is 13.6. The molecule has 0 aliphatic rings. The molecule has 0 aliphatic heterocycles. The predicted molar refractivity (Wildman–Crippen MR) is 82.7 cm³/mol. The van der Waals surface area contributed by atoms with Gasteiger partial charge in [-0.05, 0) is 58.6 Å². The maximum atomic E-state index is 8.92. The molecule has 0 amide bonds. The topological polar surface area (TPSA) is 35.8 Å². The smallest absolute Gasteiger partial charge is 0.100 e. The normalized spacial score (nSPS) is 10.0. The van der Waals surface area contributed by atoms with E-state index in [0.717, 1.165) is 22.3 Å². The van der Waals surface area contributed by atoms with Crippen molar-refractivity contribution in [1.29, 1.82) is 5.26 Å². The lowest BCUT2D eigenvalue weighted by Gasteiger charge is -2.14. The van der Waals surface area contributed by atoms with Gasteiger partial charge in [-0.25, -0.2) is 0 Å². The molecule has 0 aliphatic carbocycles. The van der Waals surface area contributed by atoms with E-state index in [1.165, 1.54) is 11.1 Å². The Morgan fingerprint density at radius 3 is 2.68 bits per heavy atom. The molecule has 0 unspecified atom stereocenters. The highest BCUT2D eigenvalue weighted by Crippen LogP contribution is 2.28. The molecular weight excluding hydrogens is 300 g/mol. The minimum atomic E-state index is 0.644. The van der Waals surface area contributed by atoms with Crippen molar-refractivity contribution in [3.8, 4) is 6.07 Å². The van der Waals surface area contributed by atoms with Crippen molar-refractivity contribution >= 4 is 27.3 Å². The molecule has 96 valence electrons. The highest BCUT2D eigenvalue weighted by Gasteiger charge is 2.06. The van der Waals surface area contributed by atoms with E-state index in [1.807, 2.05) is 18.2 Å². The minimum Gasteiger partial charge on any atom is -0.355 e. The summed E-state index contributed by atoms with van der Waals surface area (Å²) >= 11 is 3.41. The van der Waals surface area contributed by atoms with E-state index in [1.54, 1.807) is 0 Å². The van der Waals surface area contributed by atoms with Gasteiger partial charge in [0.2, 0.25) is 0 Å². The third-order valence-corrected chi connectivity index (χ3v) is 3.75. The van der Waals surface area contributed by atoms with Crippen molar-refractivity contribution in [2.75, 3.05) is 5.32 Å². The van der Waals surface area contributed by atoms with E-state index in [0.29, 0.717) is 5.56 Å². The molecule has 3 heteroatoms. The molecule has 2 nitrogen and oxygen atoms in total. The van der Waals surface area contributed by atoms with Crippen molar-refractivity contribution in [2.24, 2.45) is 0 Å². The summed E-state index contributed by atoms with van der Waals surface area (Å²) in [5.74, 6) is 0. The Bertz CT molecular complexity index is 642. The highest BCUT2D eigenvalue weighted by atomic mass is 79.9. The summed E-state index contributed by atoms with van der Waals surface area (Å²) in [6, 6.07) is 14.1. The molecule has 0 saturated carbocycles. The van der Waals surface area contributed by atoms with Crippen LogP contribution in [0.2, 0.25) is 0 Å². The lowest BCUT2D eigenvalue weighted by Crippen LogP contribution is -1.98. The van der Waals surface area contributed by atoms with Crippen molar-refractivity contribution in [3.63, 3.8) is 0 Å². The molecular formula is C16H15BrN2. The number of para-hydroxylation sites is 1. The Labute approximate surface area is 122 Å². The van der Waals surface area contributed by atoms with Gasteiger partial charge in [-0.3, -0.25) is 0 Å². The number of hydrogen-bond acceptors (Lipinski definition) is 2. The van der Waals surface area contributed by atoms with Crippen molar-refractivity contribution in [1.82, 2.24) is 0 Å². The van der Waals surface area contributed by atoms with Gasteiger partial charge in [-0.2, -0.15) is 5.26 Å². The van der Waals surface area contributed by atoms with Crippen LogP contribution in [0.4, 0.5) is 11.4 Å². The molecule has 0 aromatic heterocycles. The lowest BCUT2D eigenvalue weighted by molar-refractivity contribution is 1.13. The second kappa shape index (κ2) is 5.90. The average molecular weight is 315 g/mol. The summed E-state index contributed by atoms with van der Waals surface area (Å²) in [5.41, 5.74) is 5.29. The average Bonchev–Trinajstić information content (AvgIpc) is 2.41. The van der Waals surface area contributed by atoms with E-state index in [9.17, 15) is 0 Å². The lowest BCUT2D eigenvalue weighted by atomic mass is 10.1. The van der Waals surface area contributed by atoms with Crippen LogP contribution in [0, 0.1) is 18.3 Å². The first-order valence-electron chi connectivity index (χ1n) is 6.21. The Balaban J connectivity index is 2.37. The monoisotopic (exact) mass is 314 g/mol. The Morgan fingerprint density at radius 1 is 1.26 bits per heavy atom. The second-order valence-corrected chi connectivity index (χ2v) is 5.25. The number of benzene rings is 2. The van der Waals surface area contributed by atoms with Crippen molar-refractivity contribution < 1.29 is 0 Å². The zero-order chi connectivity index (χ0) is 13.8. The fraction of sp³-hybridized carbons (Fsp3) is 0.188. The first-order chi connectivity index (χ1) is 9.15. The summed E-state index contributed by atoms with van der Waals surface area (Å²) in [5, 5.41) is 12.4. The van der Waals surface area contributed by atoms with Crippen molar-refractivity contribution in [2.45, 2.75) is 20.3 Å². The number of hydrogen-bond donors (Lipinski definition) is 1. The SMILES string of the molecule is CCc1cccc(C)c1Nc1ccc(C#N)c(Br)c1. The Kier molecular flexibility index (Phi) is 4.24. The third kappa shape index (κ3) is 2.97. The van der Waals surface area contributed by atoms with Crippen molar-refractivity contribution in [3.05, 3.63) is 57.6 Å². The zero-order valence-electron chi connectivity index (χ0n) is 11.0. The molecule has 2 rings (SSSR count). The minimum absolute atomic E-state index is 0.644. The molecule has 0 atom stereocenters. The van der Waals surface area contributed by atoms with Gasteiger partial charge < -0.3 is 5.32 Å². The molecule has 0 radical (unpaired) electrons. The maximum Gasteiger partial charge on any atom is 0.100 e. The number of anilines is 2. The maximum absolute atomic E-state index is 8.92. The quantitative estimate of drug-likeness (QED) is 0.871.